The molecule has 0 aliphatic carbocycles. The van der Waals surface area contributed by atoms with Crippen molar-refractivity contribution in [3.05, 3.63) is 29.8 Å². The van der Waals surface area contributed by atoms with E-state index in [0.717, 1.165) is 0 Å². The molecule has 2 N–H and O–H groups in total. The van der Waals surface area contributed by atoms with Gasteiger partial charge in [-0.2, -0.15) is 0 Å². The van der Waals surface area contributed by atoms with Crippen LogP contribution < -0.4 is 10.1 Å². The average Bonchev–Trinajstić information content (AvgIpc) is 2.49. The van der Waals surface area contributed by atoms with Gasteiger partial charge in [0.15, 0.2) is 0 Å². The van der Waals surface area contributed by atoms with Crippen LogP contribution in [-0.4, -0.2) is 42.3 Å². The molecule has 6 heteroatoms. The maximum Gasteiger partial charge on any atom is 0.335 e. The molecular weight excluding hydrogens is 298 g/mol. The van der Waals surface area contributed by atoms with Crippen molar-refractivity contribution in [3.63, 3.8) is 0 Å². The van der Waals surface area contributed by atoms with Crippen LogP contribution in [0.1, 0.15) is 37.0 Å². The monoisotopic (exact) mass is 321 g/mol. The molecule has 0 radical (unpaired) electrons. The number of amides is 1. The Morgan fingerprint density at radius 3 is 2.65 bits per heavy atom. The minimum atomic E-state index is -0.976. The van der Waals surface area contributed by atoms with Gasteiger partial charge in [0, 0.05) is 13.0 Å². The van der Waals surface area contributed by atoms with Crippen molar-refractivity contribution in [2.45, 2.75) is 38.8 Å². The van der Waals surface area contributed by atoms with E-state index >= 15 is 0 Å². The van der Waals surface area contributed by atoms with Crippen LogP contribution in [0.5, 0.6) is 5.75 Å². The normalized spacial score (nSPS) is 21.0. The molecule has 1 fully saturated rings. The summed E-state index contributed by atoms with van der Waals surface area (Å²) < 4.78 is 11.3. The summed E-state index contributed by atoms with van der Waals surface area (Å²) in [7, 11) is 0. The first kappa shape index (κ1) is 17.3. The topological polar surface area (TPSA) is 84.9 Å². The average molecular weight is 321 g/mol. The first-order chi connectivity index (χ1) is 11.0. The molecule has 2 rings (SSSR count). The number of rotatable bonds is 6. The molecule has 0 aromatic heterocycles. The van der Waals surface area contributed by atoms with E-state index < -0.39 is 5.97 Å². The molecule has 1 aromatic rings. The van der Waals surface area contributed by atoms with Crippen LogP contribution in [-0.2, 0) is 9.53 Å². The van der Waals surface area contributed by atoms with E-state index in [0.29, 0.717) is 37.7 Å². The van der Waals surface area contributed by atoms with Gasteiger partial charge in [0.2, 0.25) is 5.91 Å². The molecule has 0 bridgehead atoms. The van der Waals surface area contributed by atoms with Gasteiger partial charge in [-0.05, 0) is 36.6 Å². The summed E-state index contributed by atoms with van der Waals surface area (Å²) in [6.07, 6.45) is 0.898. The zero-order valence-electron chi connectivity index (χ0n) is 13.5. The number of carboxylic acids is 1. The molecule has 0 saturated carbocycles. The van der Waals surface area contributed by atoms with Gasteiger partial charge in [-0.3, -0.25) is 4.79 Å². The van der Waals surface area contributed by atoms with Crippen molar-refractivity contribution in [3.8, 4) is 5.75 Å². The van der Waals surface area contributed by atoms with Crippen LogP contribution in [0.2, 0.25) is 0 Å². The Morgan fingerprint density at radius 1 is 1.35 bits per heavy atom. The molecule has 23 heavy (non-hydrogen) atoms. The highest BCUT2D eigenvalue weighted by Gasteiger charge is 2.29. The third-order valence-corrected chi connectivity index (χ3v) is 3.63. The van der Waals surface area contributed by atoms with E-state index in [4.69, 9.17) is 14.6 Å². The summed E-state index contributed by atoms with van der Waals surface area (Å²) in [6, 6.07) is 6.12. The minimum absolute atomic E-state index is 0.0155. The number of hydrogen-bond donors (Lipinski definition) is 2. The Balaban J connectivity index is 1.97. The third-order valence-electron chi connectivity index (χ3n) is 3.63. The van der Waals surface area contributed by atoms with Gasteiger partial charge >= 0.3 is 5.97 Å². The van der Waals surface area contributed by atoms with Crippen molar-refractivity contribution in [1.29, 1.82) is 0 Å². The van der Waals surface area contributed by atoms with E-state index in [9.17, 15) is 9.59 Å². The summed E-state index contributed by atoms with van der Waals surface area (Å²) >= 11 is 0. The summed E-state index contributed by atoms with van der Waals surface area (Å²) in [5, 5.41) is 11.9. The predicted molar refractivity (Wildman–Crippen MR) is 84.6 cm³/mol. The van der Waals surface area contributed by atoms with Crippen LogP contribution in [0.25, 0.3) is 0 Å². The first-order valence-electron chi connectivity index (χ1n) is 7.83. The Labute approximate surface area is 135 Å². The van der Waals surface area contributed by atoms with Crippen molar-refractivity contribution in [2.75, 3.05) is 13.2 Å². The summed E-state index contributed by atoms with van der Waals surface area (Å²) in [5.41, 5.74) is 0.207. The van der Waals surface area contributed by atoms with Crippen LogP contribution >= 0.6 is 0 Å². The van der Waals surface area contributed by atoms with E-state index in [1.54, 1.807) is 12.1 Å². The Bertz CT molecular complexity index is 540. The fourth-order valence-corrected chi connectivity index (χ4v) is 2.48. The Morgan fingerprint density at radius 2 is 2.04 bits per heavy atom. The lowest BCUT2D eigenvalue weighted by atomic mass is 10.0. The number of ether oxygens (including phenoxy) is 2. The second-order valence-corrected chi connectivity index (χ2v) is 6.12. The van der Waals surface area contributed by atoms with Gasteiger partial charge in [0.1, 0.15) is 11.9 Å². The smallest absolute Gasteiger partial charge is 0.335 e. The Hall–Kier alpha value is -2.08. The standard InChI is InChI=1S/C17H23NO5/c1-11(2)9-16(19)18-14-7-8-22-10-15(14)23-13-5-3-12(4-6-13)17(20)21/h3-6,11,14-15H,7-10H2,1-2H3,(H,18,19)(H,20,21). The van der Waals surface area contributed by atoms with Crippen LogP contribution in [0.15, 0.2) is 24.3 Å². The molecule has 1 aliphatic rings. The van der Waals surface area contributed by atoms with E-state index in [2.05, 4.69) is 5.32 Å². The molecule has 1 saturated heterocycles. The van der Waals surface area contributed by atoms with Crippen molar-refractivity contribution >= 4 is 11.9 Å². The highest BCUT2D eigenvalue weighted by Crippen LogP contribution is 2.19. The highest BCUT2D eigenvalue weighted by molar-refractivity contribution is 5.87. The summed E-state index contributed by atoms with van der Waals surface area (Å²) in [6.45, 7) is 4.99. The maximum atomic E-state index is 12.0. The van der Waals surface area contributed by atoms with Gasteiger partial charge < -0.3 is 19.9 Å². The van der Waals surface area contributed by atoms with Gasteiger partial charge in [-0.15, -0.1) is 0 Å². The molecule has 1 amide bonds. The number of carbonyl (C=O) groups is 2. The largest absolute Gasteiger partial charge is 0.486 e. The molecular formula is C17H23NO5. The predicted octanol–water partition coefficient (Wildman–Crippen LogP) is 2.08. The van der Waals surface area contributed by atoms with Crippen LogP contribution in [0, 0.1) is 5.92 Å². The van der Waals surface area contributed by atoms with Crippen molar-refractivity contribution in [2.24, 2.45) is 5.92 Å². The molecule has 2 unspecified atom stereocenters. The van der Waals surface area contributed by atoms with Crippen LogP contribution in [0.4, 0.5) is 0 Å². The van der Waals surface area contributed by atoms with Gasteiger partial charge in [0.25, 0.3) is 0 Å². The molecule has 1 aromatic carbocycles. The van der Waals surface area contributed by atoms with Crippen molar-refractivity contribution < 1.29 is 24.2 Å². The maximum absolute atomic E-state index is 12.0. The number of carboxylic acid groups (broad SMARTS) is 1. The molecule has 6 nitrogen and oxygen atoms in total. The number of nitrogens with one attached hydrogen (secondary N) is 1. The van der Waals surface area contributed by atoms with E-state index in [1.165, 1.54) is 12.1 Å². The molecule has 2 atom stereocenters. The third kappa shape index (κ3) is 5.25. The fourth-order valence-electron chi connectivity index (χ4n) is 2.48. The van der Waals surface area contributed by atoms with E-state index in [1.807, 2.05) is 13.8 Å². The molecule has 0 spiro atoms. The van der Waals surface area contributed by atoms with Crippen LogP contribution in [0.3, 0.4) is 0 Å². The first-order valence-corrected chi connectivity index (χ1v) is 7.83. The van der Waals surface area contributed by atoms with Gasteiger partial charge in [-0.25, -0.2) is 4.79 Å². The highest BCUT2D eigenvalue weighted by atomic mass is 16.5. The number of carbonyl (C=O) groups excluding carboxylic acids is 1. The zero-order chi connectivity index (χ0) is 16.8. The molecule has 1 aliphatic heterocycles. The second-order valence-electron chi connectivity index (χ2n) is 6.12. The number of aromatic carboxylic acids is 1. The van der Waals surface area contributed by atoms with Gasteiger partial charge in [0.05, 0.1) is 18.2 Å². The Kier molecular flexibility index (Phi) is 5.98. The lowest BCUT2D eigenvalue weighted by Gasteiger charge is -2.32. The SMILES string of the molecule is CC(C)CC(=O)NC1CCOCC1Oc1ccc(C(=O)O)cc1. The quantitative estimate of drug-likeness (QED) is 0.838. The molecule has 1 heterocycles. The second kappa shape index (κ2) is 7.97. The lowest BCUT2D eigenvalue weighted by Crippen LogP contribution is -2.51. The number of hydrogen-bond acceptors (Lipinski definition) is 4. The molecule has 126 valence electrons. The fraction of sp³-hybridized carbons (Fsp3) is 0.529. The minimum Gasteiger partial charge on any atom is -0.486 e. The van der Waals surface area contributed by atoms with E-state index in [-0.39, 0.29) is 23.6 Å². The van der Waals surface area contributed by atoms with Gasteiger partial charge in [-0.1, -0.05) is 13.8 Å². The number of benzene rings is 1. The summed E-state index contributed by atoms with van der Waals surface area (Å²) in [5.74, 6) is -0.0931. The van der Waals surface area contributed by atoms with Crippen molar-refractivity contribution in [1.82, 2.24) is 5.32 Å². The summed E-state index contributed by atoms with van der Waals surface area (Å²) in [4.78, 5) is 22.8. The zero-order valence-corrected chi connectivity index (χ0v) is 13.5. The lowest BCUT2D eigenvalue weighted by molar-refractivity contribution is -0.124.